The molecule has 5 heteroatoms. The Kier molecular flexibility index (Phi) is 4.44. The van der Waals surface area contributed by atoms with Crippen molar-refractivity contribution in [1.29, 1.82) is 0 Å². The van der Waals surface area contributed by atoms with E-state index >= 15 is 0 Å². The van der Waals surface area contributed by atoms with E-state index in [4.69, 9.17) is 4.74 Å². The first-order chi connectivity index (χ1) is 12.7. The summed E-state index contributed by atoms with van der Waals surface area (Å²) < 4.78 is 5.24. The lowest BCUT2D eigenvalue weighted by Gasteiger charge is -2.23. The fraction of sp³-hybridized carbons (Fsp3) is 0.238. The summed E-state index contributed by atoms with van der Waals surface area (Å²) in [4.78, 5) is 27.3. The molecular weight excluding hydrogens is 328 g/mol. The maximum absolute atomic E-state index is 12.3. The molecule has 0 aliphatic carbocycles. The second-order valence-electron chi connectivity index (χ2n) is 6.58. The number of esters is 1. The van der Waals surface area contributed by atoms with Crippen molar-refractivity contribution in [1.82, 2.24) is 10.3 Å². The second-order valence-corrected chi connectivity index (χ2v) is 6.58. The van der Waals surface area contributed by atoms with E-state index in [0.717, 1.165) is 17.5 Å². The van der Waals surface area contributed by atoms with E-state index in [1.807, 2.05) is 42.6 Å². The van der Waals surface area contributed by atoms with Gasteiger partial charge in [0, 0.05) is 36.0 Å². The highest BCUT2D eigenvalue weighted by atomic mass is 16.5. The molecule has 2 aromatic carbocycles. The van der Waals surface area contributed by atoms with E-state index in [2.05, 4.69) is 16.4 Å². The molecule has 1 atom stereocenters. The number of para-hydroxylation sites is 2. The molecule has 132 valence electrons. The molecule has 0 spiro atoms. The first-order valence-electron chi connectivity index (χ1n) is 8.82. The molecule has 0 saturated carbocycles. The maximum atomic E-state index is 12.3. The number of benzene rings is 2. The third-order valence-electron chi connectivity index (χ3n) is 4.82. The molecule has 0 bridgehead atoms. The van der Waals surface area contributed by atoms with Gasteiger partial charge in [0.25, 0.3) is 0 Å². The molecule has 4 rings (SSSR count). The van der Waals surface area contributed by atoms with Crippen molar-refractivity contribution in [2.45, 2.75) is 25.2 Å². The van der Waals surface area contributed by atoms with Gasteiger partial charge in [-0.3, -0.25) is 9.59 Å². The Morgan fingerprint density at radius 2 is 1.96 bits per heavy atom. The predicted octanol–water partition coefficient (Wildman–Crippen LogP) is 3.31. The average molecular weight is 348 g/mol. The zero-order valence-corrected chi connectivity index (χ0v) is 14.3. The molecule has 1 amide bonds. The van der Waals surface area contributed by atoms with E-state index in [1.54, 1.807) is 6.07 Å². The highest BCUT2D eigenvalue weighted by Gasteiger charge is 2.28. The molecule has 2 N–H and O–H groups in total. The van der Waals surface area contributed by atoms with Crippen molar-refractivity contribution >= 4 is 22.8 Å². The predicted molar refractivity (Wildman–Crippen MR) is 99.1 cm³/mol. The molecule has 2 heterocycles. The Morgan fingerprint density at radius 1 is 1.15 bits per heavy atom. The Labute approximate surface area is 151 Å². The number of hydrogen-bond acceptors (Lipinski definition) is 3. The summed E-state index contributed by atoms with van der Waals surface area (Å²) in [5.74, 6) is 0.125. The maximum Gasteiger partial charge on any atom is 0.311 e. The van der Waals surface area contributed by atoms with Crippen LogP contribution in [0.4, 0.5) is 0 Å². The summed E-state index contributed by atoms with van der Waals surface area (Å²) in [6.07, 6.45) is 3.29. The number of H-pyrrole nitrogens is 1. The van der Waals surface area contributed by atoms with E-state index in [9.17, 15) is 9.59 Å². The zero-order chi connectivity index (χ0) is 17.9. The topological polar surface area (TPSA) is 71.2 Å². The van der Waals surface area contributed by atoms with Crippen LogP contribution >= 0.6 is 0 Å². The number of carbonyl (C=O) groups is 2. The zero-order valence-electron chi connectivity index (χ0n) is 14.3. The van der Waals surface area contributed by atoms with Gasteiger partial charge < -0.3 is 15.0 Å². The third kappa shape index (κ3) is 3.33. The molecule has 0 saturated heterocycles. The molecule has 1 unspecified atom stereocenters. The van der Waals surface area contributed by atoms with Crippen LogP contribution in [0.2, 0.25) is 0 Å². The van der Waals surface area contributed by atoms with Crippen LogP contribution < -0.4 is 10.1 Å². The molecule has 5 nitrogen and oxygen atoms in total. The van der Waals surface area contributed by atoms with Crippen molar-refractivity contribution < 1.29 is 14.3 Å². The van der Waals surface area contributed by atoms with E-state index in [0.29, 0.717) is 18.7 Å². The van der Waals surface area contributed by atoms with Crippen LogP contribution in [0.5, 0.6) is 5.75 Å². The Bertz CT molecular complexity index is 961. The largest absolute Gasteiger partial charge is 0.426 e. The molecular formula is C21H20N2O3. The number of carbonyl (C=O) groups excluding carboxylic acids is 2. The lowest BCUT2D eigenvalue weighted by atomic mass is 9.89. The standard InChI is InChI=1S/C21H20N2O3/c24-20(11-15-12-21(25)26-19-8-4-2-6-17(15)19)22-10-9-14-13-23-18-7-3-1-5-16(14)18/h1-8,13,15,23H,9-12H2,(H,22,24). The molecule has 1 aliphatic rings. The summed E-state index contributed by atoms with van der Waals surface area (Å²) in [6, 6.07) is 15.6. The number of aromatic nitrogens is 1. The van der Waals surface area contributed by atoms with Crippen molar-refractivity contribution in [3.63, 3.8) is 0 Å². The molecule has 0 fully saturated rings. The monoisotopic (exact) mass is 348 g/mol. The second kappa shape index (κ2) is 7.04. The van der Waals surface area contributed by atoms with Crippen molar-refractivity contribution in [2.24, 2.45) is 0 Å². The van der Waals surface area contributed by atoms with Gasteiger partial charge in [-0.25, -0.2) is 0 Å². The van der Waals surface area contributed by atoms with Crippen LogP contribution in [0, 0.1) is 0 Å². The number of nitrogens with one attached hydrogen (secondary N) is 2. The van der Waals surface area contributed by atoms with Crippen LogP contribution in [0.3, 0.4) is 0 Å². The third-order valence-corrected chi connectivity index (χ3v) is 4.82. The average Bonchev–Trinajstić information content (AvgIpc) is 3.05. The summed E-state index contributed by atoms with van der Waals surface area (Å²) in [5.41, 5.74) is 3.22. The summed E-state index contributed by atoms with van der Waals surface area (Å²) in [7, 11) is 0. The van der Waals surface area contributed by atoms with Gasteiger partial charge in [-0.1, -0.05) is 36.4 Å². The molecule has 0 radical (unpaired) electrons. The van der Waals surface area contributed by atoms with Crippen LogP contribution in [-0.2, 0) is 16.0 Å². The summed E-state index contributed by atoms with van der Waals surface area (Å²) in [6.45, 7) is 0.569. The molecule has 26 heavy (non-hydrogen) atoms. The van der Waals surface area contributed by atoms with E-state index in [-0.39, 0.29) is 24.2 Å². The highest BCUT2D eigenvalue weighted by Crippen LogP contribution is 2.35. The van der Waals surface area contributed by atoms with Crippen molar-refractivity contribution in [3.05, 3.63) is 65.9 Å². The fourth-order valence-corrected chi connectivity index (χ4v) is 3.54. The number of aromatic amines is 1. The summed E-state index contributed by atoms with van der Waals surface area (Å²) in [5, 5.41) is 4.16. The van der Waals surface area contributed by atoms with Gasteiger partial charge in [0.05, 0.1) is 6.42 Å². The fourth-order valence-electron chi connectivity index (χ4n) is 3.54. The Balaban J connectivity index is 1.35. The van der Waals surface area contributed by atoms with E-state index < -0.39 is 0 Å². The normalized spacial score (nSPS) is 16.2. The van der Waals surface area contributed by atoms with E-state index in [1.165, 1.54) is 10.9 Å². The lowest BCUT2D eigenvalue weighted by Crippen LogP contribution is -2.29. The minimum Gasteiger partial charge on any atom is -0.426 e. The molecule has 1 aliphatic heterocycles. The molecule has 1 aromatic heterocycles. The van der Waals surface area contributed by atoms with Gasteiger partial charge in [-0.05, 0) is 29.7 Å². The van der Waals surface area contributed by atoms with Crippen LogP contribution in [0.25, 0.3) is 10.9 Å². The summed E-state index contributed by atoms with van der Waals surface area (Å²) >= 11 is 0. The number of fused-ring (bicyclic) bond motifs is 2. The number of ether oxygens (including phenoxy) is 1. The number of rotatable bonds is 5. The first kappa shape index (κ1) is 16.4. The Morgan fingerprint density at radius 3 is 2.88 bits per heavy atom. The molecule has 3 aromatic rings. The van der Waals surface area contributed by atoms with Crippen molar-refractivity contribution in [3.8, 4) is 5.75 Å². The van der Waals surface area contributed by atoms with Gasteiger partial charge in [0.1, 0.15) is 5.75 Å². The minimum absolute atomic E-state index is 0.0423. The number of hydrogen-bond donors (Lipinski definition) is 2. The first-order valence-corrected chi connectivity index (χ1v) is 8.82. The van der Waals surface area contributed by atoms with Gasteiger partial charge in [-0.2, -0.15) is 0 Å². The highest BCUT2D eigenvalue weighted by molar-refractivity contribution is 5.83. The van der Waals surface area contributed by atoms with Gasteiger partial charge in [0.15, 0.2) is 0 Å². The minimum atomic E-state index is -0.278. The van der Waals surface area contributed by atoms with Gasteiger partial charge in [-0.15, -0.1) is 0 Å². The van der Waals surface area contributed by atoms with Crippen LogP contribution in [0.15, 0.2) is 54.7 Å². The number of amides is 1. The van der Waals surface area contributed by atoms with Crippen molar-refractivity contribution in [2.75, 3.05) is 6.54 Å². The van der Waals surface area contributed by atoms with Crippen LogP contribution in [0.1, 0.15) is 29.9 Å². The lowest BCUT2D eigenvalue weighted by molar-refractivity contribution is -0.136. The quantitative estimate of drug-likeness (QED) is 0.549. The van der Waals surface area contributed by atoms with Crippen LogP contribution in [-0.4, -0.2) is 23.4 Å². The van der Waals surface area contributed by atoms with Gasteiger partial charge >= 0.3 is 5.97 Å². The van der Waals surface area contributed by atoms with Gasteiger partial charge in [0.2, 0.25) is 5.91 Å². The Hall–Kier alpha value is -3.08. The smallest absolute Gasteiger partial charge is 0.311 e. The SMILES string of the molecule is O=C(CC1CC(=O)Oc2ccccc21)NCCc1c[nH]c2ccccc12.